The molecule has 0 amide bonds. The van der Waals surface area contributed by atoms with E-state index in [1.165, 1.54) is 6.92 Å². The lowest BCUT2D eigenvalue weighted by atomic mass is 10.0. The molecule has 7 heteroatoms. The number of rotatable bonds is 5. The molecule has 0 unspecified atom stereocenters. The summed E-state index contributed by atoms with van der Waals surface area (Å²) in [7, 11) is 0. The van der Waals surface area contributed by atoms with E-state index < -0.39 is 11.9 Å². The minimum Gasteiger partial charge on any atom is -0.465 e. The fourth-order valence-corrected chi connectivity index (χ4v) is 2.22. The number of benzene rings is 1. The number of hydrogen-bond acceptors (Lipinski definition) is 4. The number of carbonyl (C=O) groups is 1. The second-order valence-corrected chi connectivity index (χ2v) is 5.26. The monoisotopic (exact) mass is 332 g/mol. The van der Waals surface area contributed by atoms with Crippen LogP contribution in [0.1, 0.15) is 13.8 Å². The van der Waals surface area contributed by atoms with Gasteiger partial charge in [-0.05, 0) is 32.0 Å². The molecule has 20 heavy (non-hydrogen) atoms. The van der Waals surface area contributed by atoms with Crippen LogP contribution in [0.3, 0.4) is 0 Å². The SMILES string of the molecule is CCOC(=O)[C@@H](C(C)=N)C(=S)Nc1cc(Cl)ccc1Cl. The van der Waals surface area contributed by atoms with Crippen molar-refractivity contribution < 1.29 is 9.53 Å². The van der Waals surface area contributed by atoms with E-state index in [0.29, 0.717) is 15.7 Å². The number of carbonyl (C=O) groups excluding carboxylic acids is 1. The van der Waals surface area contributed by atoms with Crippen molar-refractivity contribution in [2.24, 2.45) is 5.92 Å². The number of ether oxygens (including phenoxy) is 1. The molecule has 4 nitrogen and oxygen atoms in total. The Hall–Kier alpha value is -1.17. The van der Waals surface area contributed by atoms with Crippen molar-refractivity contribution in [1.29, 1.82) is 5.41 Å². The fourth-order valence-electron chi connectivity index (χ4n) is 1.50. The molecular weight excluding hydrogens is 319 g/mol. The van der Waals surface area contributed by atoms with E-state index in [1.54, 1.807) is 25.1 Å². The largest absolute Gasteiger partial charge is 0.465 e. The van der Waals surface area contributed by atoms with Crippen LogP contribution in [0.15, 0.2) is 18.2 Å². The van der Waals surface area contributed by atoms with Gasteiger partial charge >= 0.3 is 5.97 Å². The number of hydrogen-bond donors (Lipinski definition) is 2. The lowest BCUT2D eigenvalue weighted by Gasteiger charge is -2.17. The molecule has 1 aromatic rings. The minimum atomic E-state index is -0.931. The van der Waals surface area contributed by atoms with Gasteiger partial charge in [0.05, 0.1) is 22.3 Å². The summed E-state index contributed by atoms with van der Waals surface area (Å²) in [6.07, 6.45) is 0. The Morgan fingerprint density at radius 2 is 2.15 bits per heavy atom. The third-order valence-electron chi connectivity index (χ3n) is 2.40. The molecule has 0 heterocycles. The standard InChI is InChI=1S/C13H14Cl2N2O2S/c1-3-19-13(18)11(7(2)16)12(20)17-10-6-8(14)4-5-9(10)15/h4-6,11,16H,3H2,1-2H3,(H,17,20)/t11-/m0/s1. The molecule has 0 fully saturated rings. The Balaban J connectivity index is 2.94. The molecule has 0 aromatic heterocycles. The van der Waals surface area contributed by atoms with E-state index in [-0.39, 0.29) is 17.3 Å². The van der Waals surface area contributed by atoms with Gasteiger partial charge in [0, 0.05) is 10.7 Å². The first-order valence-electron chi connectivity index (χ1n) is 5.84. The highest BCUT2D eigenvalue weighted by Crippen LogP contribution is 2.26. The van der Waals surface area contributed by atoms with E-state index in [2.05, 4.69) is 5.32 Å². The van der Waals surface area contributed by atoms with Gasteiger partial charge < -0.3 is 15.5 Å². The number of halogens is 2. The van der Waals surface area contributed by atoms with Crippen molar-refractivity contribution in [3.8, 4) is 0 Å². The first kappa shape index (κ1) is 16.9. The maximum Gasteiger partial charge on any atom is 0.321 e. The van der Waals surface area contributed by atoms with Crippen molar-refractivity contribution in [2.75, 3.05) is 11.9 Å². The molecular formula is C13H14Cl2N2O2S. The molecule has 1 rings (SSSR count). The molecule has 1 aromatic carbocycles. The maximum atomic E-state index is 11.8. The van der Waals surface area contributed by atoms with Crippen LogP contribution in [0.25, 0.3) is 0 Å². The van der Waals surface area contributed by atoms with Gasteiger partial charge in [-0.1, -0.05) is 35.4 Å². The summed E-state index contributed by atoms with van der Waals surface area (Å²) in [4.78, 5) is 12.0. The summed E-state index contributed by atoms with van der Waals surface area (Å²) in [5, 5.41) is 11.4. The molecule has 0 spiro atoms. The van der Waals surface area contributed by atoms with Crippen LogP contribution >= 0.6 is 35.4 Å². The number of anilines is 1. The van der Waals surface area contributed by atoms with Crippen molar-refractivity contribution in [3.63, 3.8) is 0 Å². The number of nitrogens with one attached hydrogen (secondary N) is 2. The van der Waals surface area contributed by atoms with Crippen LogP contribution in [0.4, 0.5) is 5.69 Å². The lowest BCUT2D eigenvalue weighted by molar-refractivity contribution is -0.143. The minimum absolute atomic E-state index is 0.0964. The van der Waals surface area contributed by atoms with E-state index >= 15 is 0 Å². The molecule has 0 saturated heterocycles. The Labute approximate surface area is 132 Å². The predicted molar refractivity (Wildman–Crippen MR) is 86.2 cm³/mol. The average molecular weight is 333 g/mol. The fraction of sp³-hybridized carbons (Fsp3) is 0.308. The summed E-state index contributed by atoms with van der Waals surface area (Å²) in [6, 6.07) is 4.85. The van der Waals surface area contributed by atoms with Gasteiger partial charge in [-0.2, -0.15) is 0 Å². The smallest absolute Gasteiger partial charge is 0.321 e. The highest BCUT2D eigenvalue weighted by molar-refractivity contribution is 7.80. The molecule has 0 saturated carbocycles. The highest BCUT2D eigenvalue weighted by Gasteiger charge is 2.27. The van der Waals surface area contributed by atoms with E-state index in [9.17, 15) is 4.79 Å². The van der Waals surface area contributed by atoms with Crippen molar-refractivity contribution in [1.82, 2.24) is 0 Å². The molecule has 108 valence electrons. The quantitative estimate of drug-likeness (QED) is 0.486. The topological polar surface area (TPSA) is 62.2 Å². The van der Waals surface area contributed by atoms with E-state index in [4.69, 9.17) is 45.6 Å². The number of thiocarbonyl (C=S) groups is 1. The van der Waals surface area contributed by atoms with Gasteiger partial charge in [0.25, 0.3) is 0 Å². The number of esters is 1. The molecule has 0 radical (unpaired) electrons. The zero-order valence-electron chi connectivity index (χ0n) is 11.0. The Bertz CT molecular complexity index is 549. The highest BCUT2D eigenvalue weighted by atomic mass is 35.5. The van der Waals surface area contributed by atoms with Gasteiger partial charge in [0.15, 0.2) is 0 Å². The van der Waals surface area contributed by atoms with Crippen molar-refractivity contribution in [3.05, 3.63) is 28.2 Å². The summed E-state index contributed by atoms with van der Waals surface area (Å²) < 4.78 is 4.91. The van der Waals surface area contributed by atoms with Gasteiger partial charge in [-0.3, -0.25) is 4.79 Å². The van der Waals surface area contributed by atoms with Gasteiger partial charge in [0.2, 0.25) is 0 Å². The van der Waals surface area contributed by atoms with Crippen molar-refractivity contribution >= 4 is 57.8 Å². The Morgan fingerprint density at radius 1 is 1.50 bits per heavy atom. The van der Waals surface area contributed by atoms with Crippen LogP contribution in [-0.2, 0) is 9.53 Å². The predicted octanol–water partition coefficient (Wildman–Crippen LogP) is 3.95. The molecule has 0 bridgehead atoms. The third-order valence-corrected chi connectivity index (χ3v) is 3.31. The van der Waals surface area contributed by atoms with Crippen LogP contribution in [-0.4, -0.2) is 23.3 Å². The molecule has 2 N–H and O–H groups in total. The summed E-state index contributed by atoms with van der Waals surface area (Å²) >= 11 is 17.1. The van der Waals surface area contributed by atoms with Gasteiger partial charge in [-0.25, -0.2) is 0 Å². The first-order chi connectivity index (χ1) is 9.36. The molecule has 1 atom stereocenters. The second kappa shape index (κ2) is 7.57. The summed E-state index contributed by atoms with van der Waals surface area (Å²) in [5.41, 5.74) is 0.582. The summed E-state index contributed by atoms with van der Waals surface area (Å²) in [5.74, 6) is -1.49. The normalized spacial score (nSPS) is 11.6. The zero-order valence-corrected chi connectivity index (χ0v) is 13.3. The second-order valence-electron chi connectivity index (χ2n) is 3.98. The van der Waals surface area contributed by atoms with E-state index in [1.807, 2.05) is 0 Å². The average Bonchev–Trinajstić information content (AvgIpc) is 2.33. The van der Waals surface area contributed by atoms with Crippen LogP contribution in [0.2, 0.25) is 10.0 Å². The first-order valence-corrected chi connectivity index (χ1v) is 7.00. The third kappa shape index (κ3) is 4.44. The van der Waals surface area contributed by atoms with Crippen molar-refractivity contribution in [2.45, 2.75) is 13.8 Å². The Morgan fingerprint density at radius 3 is 2.70 bits per heavy atom. The molecule has 0 aliphatic rings. The van der Waals surface area contributed by atoms with E-state index in [0.717, 1.165) is 0 Å². The van der Waals surface area contributed by atoms with Crippen LogP contribution in [0.5, 0.6) is 0 Å². The maximum absolute atomic E-state index is 11.8. The van der Waals surface area contributed by atoms with Crippen LogP contribution in [0, 0.1) is 11.3 Å². The van der Waals surface area contributed by atoms with Crippen LogP contribution < -0.4 is 5.32 Å². The zero-order chi connectivity index (χ0) is 15.3. The lowest BCUT2D eigenvalue weighted by Crippen LogP contribution is -2.34. The molecule has 0 aliphatic heterocycles. The Kier molecular flexibility index (Phi) is 6.39. The summed E-state index contributed by atoms with van der Waals surface area (Å²) in [6.45, 7) is 3.41. The molecule has 0 aliphatic carbocycles. The van der Waals surface area contributed by atoms with Gasteiger partial charge in [-0.15, -0.1) is 0 Å². The van der Waals surface area contributed by atoms with Gasteiger partial charge in [0.1, 0.15) is 5.92 Å².